The van der Waals surface area contributed by atoms with Gasteiger partial charge in [0.2, 0.25) is 5.28 Å². The predicted molar refractivity (Wildman–Crippen MR) is 129 cm³/mol. The molecule has 14 nitrogen and oxygen atoms in total. The van der Waals surface area contributed by atoms with Crippen molar-refractivity contribution in [3.05, 3.63) is 40.7 Å². The summed E-state index contributed by atoms with van der Waals surface area (Å²) >= 11 is 6.20. The van der Waals surface area contributed by atoms with E-state index in [4.69, 9.17) is 21.1 Å². The Hall–Kier alpha value is -2.26. The fourth-order valence-corrected chi connectivity index (χ4v) is 5.09. The van der Waals surface area contributed by atoms with Gasteiger partial charge in [0, 0.05) is 0 Å². The molecule has 1 aliphatic heterocycles. The van der Waals surface area contributed by atoms with Gasteiger partial charge in [-0.05, 0) is 42.5 Å². The molecule has 37 heavy (non-hydrogen) atoms. The summed E-state index contributed by atoms with van der Waals surface area (Å²) in [5.74, 6) is 0.344. The molecule has 5 rings (SSSR count). The van der Waals surface area contributed by atoms with E-state index in [2.05, 4.69) is 31.7 Å². The lowest BCUT2D eigenvalue weighted by atomic mass is 10.1. The molecule has 1 fully saturated rings. The number of anilines is 1. The summed E-state index contributed by atoms with van der Waals surface area (Å²) in [6.45, 7) is -0.478. The van der Waals surface area contributed by atoms with Crippen molar-refractivity contribution in [2.24, 2.45) is 0 Å². The van der Waals surface area contributed by atoms with Crippen LogP contribution in [0.5, 0.6) is 0 Å². The van der Waals surface area contributed by atoms with Crippen LogP contribution in [0.4, 0.5) is 5.82 Å². The van der Waals surface area contributed by atoms with Gasteiger partial charge >= 0.3 is 7.60 Å². The van der Waals surface area contributed by atoms with Crippen LogP contribution in [0.1, 0.15) is 36.7 Å². The molecule has 3 aromatic rings. The molecule has 2 unspecified atom stereocenters. The first-order valence-corrected chi connectivity index (χ1v) is 13.5. The molecule has 0 amide bonds. The van der Waals surface area contributed by atoms with Crippen LogP contribution in [0.15, 0.2) is 24.3 Å². The number of hydrogen-bond donors (Lipinski definition) is 6. The van der Waals surface area contributed by atoms with Gasteiger partial charge in [0.05, 0.1) is 19.3 Å². The standard InChI is InChI=1S/C21H26ClN6O8P/c1-21(9-29,37(32,33)34)35-8-13-15(30)16(31)19(36-13)28-18-14(26-27-28)17(24-20(22)25-18)23-12-7-6-10-4-2-3-5-11(10)12/h2-5,12-13,15-16,19,29-31H,6-9H2,1H3,(H,23,24,25)(H2,32,33,34)/t12-,13-,15-,16-,19?,21?/m1/s1. The topological polar surface area (TPSA) is 205 Å². The zero-order valence-corrected chi connectivity index (χ0v) is 21.2. The summed E-state index contributed by atoms with van der Waals surface area (Å²) in [5.41, 5.74) is 2.79. The number of halogens is 1. The molecular formula is C21H26ClN6O8P. The van der Waals surface area contributed by atoms with E-state index in [-0.39, 0.29) is 22.5 Å². The first-order chi connectivity index (χ1) is 17.5. The Morgan fingerprint density at radius 3 is 2.76 bits per heavy atom. The van der Waals surface area contributed by atoms with Crippen molar-refractivity contribution in [1.29, 1.82) is 0 Å². The maximum atomic E-state index is 11.7. The summed E-state index contributed by atoms with van der Waals surface area (Å²) in [7, 11) is -4.86. The van der Waals surface area contributed by atoms with E-state index in [1.165, 1.54) is 5.56 Å². The number of aryl methyl sites for hydroxylation is 1. The van der Waals surface area contributed by atoms with Crippen LogP contribution in [0.25, 0.3) is 11.2 Å². The number of ether oxygens (including phenoxy) is 2. The second kappa shape index (κ2) is 9.80. The Kier molecular flexibility index (Phi) is 6.98. The Morgan fingerprint density at radius 1 is 1.27 bits per heavy atom. The van der Waals surface area contributed by atoms with Gasteiger partial charge in [0.15, 0.2) is 28.6 Å². The number of aliphatic hydroxyl groups is 3. The number of aromatic nitrogens is 5. The third kappa shape index (κ3) is 4.73. The smallest absolute Gasteiger partial charge is 0.359 e. The Bertz CT molecular complexity index is 1360. The number of benzene rings is 1. The van der Waals surface area contributed by atoms with Crippen molar-refractivity contribution in [3.8, 4) is 0 Å². The van der Waals surface area contributed by atoms with Gasteiger partial charge in [-0.1, -0.05) is 29.5 Å². The molecular weight excluding hydrogens is 531 g/mol. The van der Waals surface area contributed by atoms with Crippen molar-refractivity contribution in [2.75, 3.05) is 18.5 Å². The maximum Gasteiger partial charge on any atom is 0.359 e. The van der Waals surface area contributed by atoms with E-state index in [9.17, 15) is 29.7 Å². The fourth-order valence-electron chi connectivity index (χ4n) is 4.50. The van der Waals surface area contributed by atoms with Crippen molar-refractivity contribution in [3.63, 3.8) is 0 Å². The van der Waals surface area contributed by atoms with Crippen LogP contribution in [0, 0.1) is 0 Å². The number of aliphatic hydroxyl groups excluding tert-OH is 3. The minimum absolute atomic E-state index is 0.0259. The van der Waals surface area contributed by atoms with E-state index >= 15 is 0 Å². The van der Waals surface area contributed by atoms with Gasteiger partial charge in [0.25, 0.3) is 0 Å². The van der Waals surface area contributed by atoms with Crippen LogP contribution in [-0.4, -0.2) is 86.9 Å². The fraction of sp³-hybridized carbons (Fsp3) is 0.524. The highest BCUT2D eigenvalue weighted by Crippen LogP contribution is 2.51. The van der Waals surface area contributed by atoms with Crippen LogP contribution in [-0.2, 0) is 20.5 Å². The lowest BCUT2D eigenvalue weighted by Crippen LogP contribution is -2.39. The zero-order valence-electron chi connectivity index (χ0n) is 19.5. The second-order valence-corrected chi connectivity index (χ2v) is 11.6. The molecule has 2 aromatic heterocycles. The summed E-state index contributed by atoms with van der Waals surface area (Å²) in [4.78, 5) is 27.4. The maximum absolute atomic E-state index is 11.7. The quantitative estimate of drug-likeness (QED) is 0.165. The minimum Gasteiger partial charge on any atom is -0.393 e. The summed E-state index contributed by atoms with van der Waals surface area (Å²) in [6.07, 6.45) is -3.74. The van der Waals surface area contributed by atoms with Crippen molar-refractivity contribution in [1.82, 2.24) is 25.0 Å². The van der Waals surface area contributed by atoms with Crippen LogP contribution in [0.3, 0.4) is 0 Å². The van der Waals surface area contributed by atoms with Crippen LogP contribution in [0.2, 0.25) is 5.28 Å². The lowest BCUT2D eigenvalue weighted by Gasteiger charge is -2.29. The highest BCUT2D eigenvalue weighted by molar-refractivity contribution is 7.53. The average molecular weight is 557 g/mol. The first kappa shape index (κ1) is 26.4. The van der Waals surface area contributed by atoms with E-state index in [0.29, 0.717) is 5.82 Å². The largest absolute Gasteiger partial charge is 0.393 e. The van der Waals surface area contributed by atoms with Crippen molar-refractivity contribution >= 4 is 36.2 Å². The van der Waals surface area contributed by atoms with E-state index in [1.807, 2.05) is 18.2 Å². The number of nitrogens with zero attached hydrogens (tertiary/aromatic N) is 5. The van der Waals surface area contributed by atoms with Gasteiger partial charge < -0.3 is 39.9 Å². The molecule has 0 spiro atoms. The van der Waals surface area contributed by atoms with E-state index in [0.717, 1.165) is 30.0 Å². The van der Waals surface area contributed by atoms with Gasteiger partial charge in [-0.2, -0.15) is 14.6 Å². The van der Waals surface area contributed by atoms with Crippen LogP contribution < -0.4 is 5.32 Å². The molecule has 1 aromatic carbocycles. The second-order valence-electron chi connectivity index (χ2n) is 9.22. The molecule has 0 radical (unpaired) electrons. The number of hydrogen-bond acceptors (Lipinski definition) is 11. The molecule has 6 atom stereocenters. The summed E-state index contributed by atoms with van der Waals surface area (Å²) in [6, 6.07) is 8.04. The highest BCUT2D eigenvalue weighted by Gasteiger charge is 2.49. The molecule has 6 N–H and O–H groups in total. The van der Waals surface area contributed by atoms with Crippen molar-refractivity contribution < 1.29 is 39.1 Å². The van der Waals surface area contributed by atoms with Gasteiger partial charge in [-0.25, -0.2) is 0 Å². The molecule has 1 aliphatic carbocycles. The number of nitrogens with one attached hydrogen (secondary N) is 1. The SMILES string of the molecule is CC(CO)(OC[C@H]1OC(n2nnc3c(N[C@@H]4CCc5ccccc54)nc(Cl)nc32)[C@H](O)[C@@H]1O)P(=O)(O)O. The van der Waals surface area contributed by atoms with Gasteiger partial charge in [-0.3, -0.25) is 4.57 Å². The molecule has 3 heterocycles. The Labute approximate surface area is 215 Å². The molecule has 2 aliphatic rings. The normalized spacial score (nSPS) is 27.4. The Morgan fingerprint density at radius 2 is 2.03 bits per heavy atom. The monoisotopic (exact) mass is 556 g/mol. The highest BCUT2D eigenvalue weighted by atomic mass is 35.5. The Balaban J connectivity index is 1.39. The minimum atomic E-state index is -4.86. The van der Waals surface area contributed by atoms with Crippen molar-refractivity contribution in [2.45, 2.75) is 55.7 Å². The third-order valence-corrected chi connectivity index (χ3v) is 8.46. The first-order valence-electron chi connectivity index (χ1n) is 11.5. The van der Waals surface area contributed by atoms with Gasteiger partial charge in [0.1, 0.15) is 18.3 Å². The van der Waals surface area contributed by atoms with E-state index in [1.54, 1.807) is 0 Å². The lowest BCUT2D eigenvalue weighted by molar-refractivity contribution is -0.104. The molecule has 200 valence electrons. The molecule has 16 heteroatoms. The molecule has 0 bridgehead atoms. The van der Waals surface area contributed by atoms with Gasteiger partial charge in [-0.15, -0.1) is 5.10 Å². The number of fused-ring (bicyclic) bond motifs is 2. The summed E-state index contributed by atoms with van der Waals surface area (Å²) in [5, 5.41) is 39.8. The molecule has 0 saturated carbocycles. The zero-order chi connectivity index (χ0) is 26.5. The average Bonchev–Trinajstić information content (AvgIpc) is 3.54. The summed E-state index contributed by atoms with van der Waals surface area (Å²) < 4.78 is 23.8. The third-order valence-electron chi connectivity index (χ3n) is 6.79. The predicted octanol–water partition coefficient (Wildman–Crippen LogP) is 0.496. The number of rotatable bonds is 8. The molecule has 1 saturated heterocycles. The van der Waals surface area contributed by atoms with E-state index < -0.39 is 50.7 Å². The van der Waals surface area contributed by atoms with Crippen LogP contribution >= 0.6 is 19.2 Å².